The van der Waals surface area contributed by atoms with Crippen LogP contribution in [0.15, 0.2) is 64.7 Å². The van der Waals surface area contributed by atoms with E-state index in [1.165, 1.54) is 0 Å². The first kappa shape index (κ1) is 38.4. The molecule has 292 valence electrons. The largest absolute Gasteiger partial charge is 0.496 e. The Kier molecular flexibility index (Phi) is 11.7. The van der Waals surface area contributed by atoms with Crippen molar-refractivity contribution in [3.05, 3.63) is 87.0 Å². The molecular formula is C41H49FN6O7. The second kappa shape index (κ2) is 16.8. The third-order valence-electron chi connectivity index (χ3n) is 11.2. The van der Waals surface area contributed by atoms with Gasteiger partial charge < -0.3 is 28.2 Å². The molecule has 3 fully saturated rings. The molecule has 3 aliphatic rings. The fourth-order valence-electron chi connectivity index (χ4n) is 8.07. The summed E-state index contributed by atoms with van der Waals surface area (Å²) in [6.45, 7) is 4.63. The molecule has 0 saturated carbocycles. The number of fused-ring (bicyclic) bond motifs is 1. The van der Waals surface area contributed by atoms with Gasteiger partial charge >= 0.3 is 0 Å². The fourth-order valence-corrected chi connectivity index (χ4v) is 8.07. The second-order valence-electron chi connectivity index (χ2n) is 14.8. The minimum Gasteiger partial charge on any atom is -0.496 e. The molecule has 1 aromatic carbocycles. The highest BCUT2D eigenvalue weighted by atomic mass is 19.1. The van der Waals surface area contributed by atoms with E-state index in [1.807, 2.05) is 29.3 Å². The van der Waals surface area contributed by atoms with Gasteiger partial charge in [-0.1, -0.05) is 6.07 Å². The van der Waals surface area contributed by atoms with Crippen molar-refractivity contribution < 1.29 is 28.2 Å². The molecule has 0 bridgehead atoms. The van der Waals surface area contributed by atoms with E-state index in [1.54, 1.807) is 66.0 Å². The van der Waals surface area contributed by atoms with Gasteiger partial charge in [0.25, 0.3) is 11.1 Å². The molecule has 0 aliphatic carbocycles. The van der Waals surface area contributed by atoms with Crippen molar-refractivity contribution in [1.29, 1.82) is 0 Å². The van der Waals surface area contributed by atoms with Crippen molar-refractivity contribution >= 4 is 22.5 Å². The van der Waals surface area contributed by atoms with Crippen LogP contribution in [-0.4, -0.2) is 112 Å². The van der Waals surface area contributed by atoms with E-state index in [0.717, 1.165) is 53.8 Å². The van der Waals surface area contributed by atoms with Gasteiger partial charge in [0.15, 0.2) is 0 Å². The number of ketones is 1. The van der Waals surface area contributed by atoms with Crippen molar-refractivity contribution in [3.8, 4) is 22.6 Å². The van der Waals surface area contributed by atoms with E-state index in [2.05, 4.69) is 9.88 Å². The van der Waals surface area contributed by atoms with E-state index in [9.17, 15) is 19.2 Å². The van der Waals surface area contributed by atoms with Gasteiger partial charge in [-0.2, -0.15) is 0 Å². The topological polar surface area (TPSA) is 128 Å². The molecule has 0 unspecified atom stereocenters. The lowest BCUT2D eigenvalue weighted by Gasteiger charge is -2.38. The van der Waals surface area contributed by atoms with E-state index >= 15 is 4.39 Å². The molecule has 6 heterocycles. The van der Waals surface area contributed by atoms with E-state index < -0.39 is 12.3 Å². The highest BCUT2D eigenvalue weighted by Crippen LogP contribution is 2.39. The molecule has 0 spiro atoms. The van der Waals surface area contributed by atoms with Gasteiger partial charge in [-0.3, -0.25) is 34.0 Å². The Bertz CT molecular complexity index is 2160. The number of hydrogen-bond donors (Lipinski definition) is 0. The Morgan fingerprint density at radius 2 is 1.62 bits per heavy atom. The number of aryl methyl sites for hydroxylation is 1. The van der Waals surface area contributed by atoms with Crippen LogP contribution in [0.2, 0.25) is 0 Å². The molecule has 0 radical (unpaired) electrons. The number of carbonyl (C=O) groups is 2. The number of pyridine rings is 3. The van der Waals surface area contributed by atoms with Crippen molar-refractivity contribution in [1.82, 2.24) is 28.8 Å². The SMILES string of the molecule is COc1cc(-c2cn(C)c(=O)c3cnccc23)c(OC)cc1CN1CCC(O[C@@H]2CCN(CCn3cccc(CN4CCC(=O)CC4=O)c3=O)C[C@H]2F)CC1. The minimum absolute atomic E-state index is 0.0245. The van der Waals surface area contributed by atoms with Crippen LogP contribution in [0.4, 0.5) is 4.39 Å². The standard InChI is InChI=1S/C41H49FN6O7/c1-44-25-34(31-6-11-43-22-33(31)41(44)52)32-21-37(53-2)28(19-38(32)54-3)23-45-13-8-30(9-14-45)55-36-10-15-46(26-35(36)42)17-18-47-12-4-5-27(40(47)51)24-48-16-7-29(49)20-39(48)50/h4-6,11-12,19,21-22,25,30,35-36H,7-10,13-18,20,23-24,26H2,1-3H3/t35-,36-/m1/s1. The number of aromatic nitrogens is 3. The van der Waals surface area contributed by atoms with E-state index in [0.29, 0.717) is 62.3 Å². The minimum atomic E-state index is -1.13. The van der Waals surface area contributed by atoms with Gasteiger partial charge in [0.05, 0.1) is 44.8 Å². The molecule has 2 atom stereocenters. The lowest BCUT2D eigenvalue weighted by Crippen LogP contribution is -2.49. The smallest absolute Gasteiger partial charge is 0.259 e. The number of halogens is 1. The zero-order valence-corrected chi connectivity index (χ0v) is 31.7. The maximum Gasteiger partial charge on any atom is 0.259 e. The van der Waals surface area contributed by atoms with Gasteiger partial charge in [0.1, 0.15) is 23.5 Å². The number of benzene rings is 1. The average Bonchev–Trinajstić information content (AvgIpc) is 3.19. The Morgan fingerprint density at radius 1 is 0.836 bits per heavy atom. The van der Waals surface area contributed by atoms with E-state index in [-0.39, 0.29) is 48.4 Å². The zero-order valence-electron chi connectivity index (χ0n) is 31.7. The Balaban J connectivity index is 0.906. The first-order valence-electron chi connectivity index (χ1n) is 19.0. The number of nitrogens with zero attached hydrogens (tertiary/aromatic N) is 6. The normalized spacial score (nSPS) is 20.3. The highest BCUT2D eigenvalue weighted by molar-refractivity contribution is 6.00. The van der Waals surface area contributed by atoms with Crippen LogP contribution < -0.4 is 20.6 Å². The van der Waals surface area contributed by atoms with Gasteiger partial charge in [0.2, 0.25) is 5.91 Å². The summed E-state index contributed by atoms with van der Waals surface area (Å²) in [4.78, 5) is 59.9. The summed E-state index contributed by atoms with van der Waals surface area (Å²) < 4.78 is 36.8. The monoisotopic (exact) mass is 756 g/mol. The van der Waals surface area contributed by atoms with Gasteiger partial charge in [0, 0.05) is 113 Å². The lowest BCUT2D eigenvalue weighted by molar-refractivity contribution is -0.139. The Hall–Kier alpha value is -4.92. The first-order chi connectivity index (χ1) is 26.6. The predicted molar refractivity (Wildman–Crippen MR) is 205 cm³/mol. The van der Waals surface area contributed by atoms with Crippen LogP contribution in [0.3, 0.4) is 0 Å². The molecule has 0 N–H and O–H groups in total. The van der Waals surface area contributed by atoms with Crippen LogP contribution >= 0.6 is 0 Å². The number of methoxy groups -OCH3 is 2. The van der Waals surface area contributed by atoms with Crippen LogP contribution in [0, 0.1) is 0 Å². The third-order valence-corrected chi connectivity index (χ3v) is 11.2. The molecule has 3 aliphatic heterocycles. The molecule has 4 aromatic rings. The highest BCUT2D eigenvalue weighted by Gasteiger charge is 2.33. The quantitative estimate of drug-likeness (QED) is 0.198. The van der Waals surface area contributed by atoms with Gasteiger partial charge in [-0.15, -0.1) is 0 Å². The zero-order chi connectivity index (χ0) is 38.6. The van der Waals surface area contributed by atoms with Crippen molar-refractivity contribution in [2.45, 2.75) is 70.1 Å². The maximum absolute atomic E-state index is 15.5. The molecule has 7 rings (SSSR count). The van der Waals surface area contributed by atoms with Crippen LogP contribution in [0.1, 0.15) is 43.2 Å². The first-order valence-corrected chi connectivity index (χ1v) is 19.0. The molecule has 3 aromatic heterocycles. The number of rotatable bonds is 12. The number of amides is 1. The third kappa shape index (κ3) is 8.51. The summed E-state index contributed by atoms with van der Waals surface area (Å²) in [7, 11) is 5.02. The molecule has 13 nitrogen and oxygen atoms in total. The molecule has 14 heteroatoms. The summed E-state index contributed by atoms with van der Waals surface area (Å²) in [5.41, 5.74) is 2.87. The second-order valence-corrected chi connectivity index (χ2v) is 14.8. The van der Waals surface area contributed by atoms with Crippen LogP contribution in [0.25, 0.3) is 21.9 Å². The summed E-state index contributed by atoms with van der Waals surface area (Å²) in [6, 6.07) is 9.33. The van der Waals surface area contributed by atoms with Gasteiger partial charge in [-0.05, 0) is 48.9 Å². The number of carbonyl (C=O) groups excluding carboxylic acids is 2. The number of piperidine rings is 3. The predicted octanol–water partition coefficient (Wildman–Crippen LogP) is 3.56. The van der Waals surface area contributed by atoms with E-state index in [4.69, 9.17) is 14.2 Å². The Morgan fingerprint density at radius 3 is 2.36 bits per heavy atom. The van der Waals surface area contributed by atoms with Gasteiger partial charge in [-0.25, -0.2) is 4.39 Å². The molecular weight excluding hydrogens is 707 g/mol. The van der Waals surface area contributed by atoms with Crippen LogP contribution in [-0.2, 0) is 41.0 Å². The maximum atomic E-state index is 15.5. The number of alkyl halides is 1. The van der Waals surface area contributed by atoms with Crippen LogP contribution in [0.5, 0.6) is 11.5 Å². The molecule has 3 saturated heterocycles. The van der Waals surface area contributed by atoms with Crippen molar-refractivity contribution in [2.24, 2.45) is 7.05 Å². The number of hydrogen-bond acceptors (Lipinski definition) is 10. The lowest BCUT2D eigenvalue weighted by atomic mass is 9.98. The summed E-state index contributed by atoms with van der Waals surface area (Å²) >= 11 is 0. The average molecular weight is 757 g/mol. The molecule has 55 heavy (non-hydrogen) atoms. The number of Topliss-reactive ketones (excluding diaryl/α,β-unsaturated/α-hetero) is 1. The Labute approximate surface area is 319 Å². The molecule has 1 amide bonds. The van der Waals surface area contributed by atoms with Crippen molar-refractivity contribution in [3.63, 3.8) is 0 Å². The number of ether oxygens (including phenoxy) is 3. The summed E-state index contributed by atoms with van der Waals surface area (Å²) in [6.07, 6.45) is 7.56. The number of likely N-dealkylation sites (tertiary alicyclic amines) is 3. The van der Waals surface area contributed by atoms with Crippen molar-refractivity contribution in [2.75, 3.05) is 53.5 Å². The summed E-state index contributed by atoms with van der Waals surface area (Å²) in [5, 5.41) is 1.32. The summed E-state index contributed by atoms with van der Waals surface area (Å²) in [5.74, 6) is 1.09. The fraction of sp³-hybridized carbons (Fsp3) is 0.488.